The molecule has 0 spiro atoms. The molecule has 0 aliphatic heterocycles. The molecule has 0 fully saturated rings. The van der Waals surface area contributed by atoms with E-state index in [1.165, 1.54) is 31.2 Å². The fraction of sp³-hybridized carbons (Fsp3) is 0.235. The third-order valence-corrected chi connectivity index (χ3v) is 3.09. The molecule has 0 saturated carbocycles. The third-order valence-electron chi connectivity index (χ3n) is 3.09. The summed E-state index contributed by atoms with van der Waals surface area (Å²) in [5.74, 6) is -0.916. The van der Waals surface area contributed by atoms with Gasteiger partial charge in [-0.2, -0.15) is 0 Å². The van der Waals surface area contributed by atoms with Gasteiger partial charge < -0.3 is 10.1 Å². The molecule has 22 heavy (non-hydrogen) atoms. The standard InChI is InChI=1S/C17H17F2NO2/c1-12(21)14-5-6-17(16(19)10-14)22-8-7-20-11-13-3-2-4-15(18)9-13/h2-6,9-10,20H,7-8,11H2,1H3. The molecular formula is C17H17F2NO2. The molecule has 2 aromatic rings. The predicted molar refractivity (Wildman–Crippen MR) is 80.0 cm³/mol. The number of Topliss-reactive ketones (excluding diaryl/α,β-unsaturated/α-hetero) is 1. The number of hydrogen-bond donors (Lipinski definition) is 1. The van der Waals surface area contributed by atoms with Crippen molar-refractivity contribution in [3.63, 3.8) is 0 Å². The Morgan fingerprint density at radius 2 is 2.00 bits per heavy atom. The Hall–Kier alpha value is -2.27. The first-order valence-electron chi connectivity index (χ1n) is 6.94. The van der Waals surface area contributed by atoms with Gasteiger partial charge >= 0.3 is 0 Å². The number of ketones is 1. The van der Waals surface area contributed by atoms with E-state index in [1.54, 1.807) is 6.07 Å². The first-order chi connectivity index (χ1) is 10.6. The van der Waals surface area contributed by atoms with E-state index >= 15 is 0 Å². The van der Waals surface area contributed by atoms with Gasteiger partial charge in [-0.3, -0.25) is 4.79 Å². The zero-order chi connectivity index (χ0) is 15.9. The molecule has 0 heterocycles. The summed E-state index contributed by atoms with van der Waals surface area (Å²) >= 11 is 0. The van der Waals surface area contributed by atoms with Crippen LogP contribution in [-0.2, 0) is 6.54 Å². The molecule has 0 bridgehead atoms. The molecule has 1 N–H and O–H groups in total. The highest BCUT2D eigenvalue weighted by Gasteiger charge is 2.07. The van der Waals surface area contributed by atoms with Crippen molar-refractivity contribution in [1.82, 2.24) is 5.32 Å². The molecule has 0 aromatic heterocycles. The molecule has 0 atom stereocenters. The number of hydrogen-bond acceptors (Lipinski definition) is 3. The van der Waals surface area contributed by atoms with Crippen LogP contribution in [0, 0.1) is 11.6 Å². The molecule has 0 amide bonds. The second kappa shape index (κ2) is 7.66. The number of rotatable bonds is 7. The Morgan fingerprint density at radius 1 is 1.18 bits per heavy atom. The molecule has 2 aromatic carbocycles. The van der Waals surface area contributed by atoms with Crippen molar-refractivity contribution in [2.75, 3.05) is 13.2 Å². The van der Waals surface area contributed by atoms with Crippen LogP contribution in [-0.4, -0.2) is 18.9 Å². The highest BCUT2D eigenvalue weighted by atomic mass is 19.1. The summed E-state index contributed by atoms with van der Waals surface area (Å²) in [6.45, 7) is 2.65. The van der Waals surface area contributed by atoms with Crippen molar-refractivity contribution < 1.29 is 18.3 Å². The van der Waals surface area contributed by atoms with E-state index < -0.39 is 5.82 Å². The van der Waals surface area contributed by atoms with Crippen molar-refractivity contribution in [2.45, 2.75) is 13.5 Å². The first-order valence-corrected chi connectivity index (χ1v) is 6.94. The van der Waals surface area contributed by atoms with Crippen molar-refractivity contribution in [3.8, 4) is 5.75 Å². The summed E-state index contributed by atoms with van der Waals surface area (Å²) in [5.41, 5.74) is 1.14. The predicted octanol–water partition coefficient (Wildman–Crippen LogP) is 3.34. The second-order valence-corrected chi connectivity index (χ2v) is 4.86. The summed E-state index contributed by atoms with van der Waals surface area (Å²) in [6.07, 6.45) is 0. The number of carbonyl (C=O) groups is 1. The maximum Gasteiger partial charge on any atom is 0.165 e. The fourth-order valence-corrected chi connectivity index (χ4v) is 1.95. The highest BCUT2D eigenvalue weighted by molar-refractivity contribution is 5.94. The molecule has 5 heteroatoms. The number of carbonyl (C=O) groups excluding carboxylic acids is 1. The van der Waals surface area contributed by atoms with E-state index in [1.807, 2.05) is 6.07 Å². The van der Waals surface area contributed by atoms with Gasteiger partial charge in [0, 0.05) is 18.7 Å². The smallest absolute Gasteiger partial charge is 0.165 e. The van der Waals surface area contributed by atoms with E-state index in [2.05, 4.69) is 5.32 Å². The van der Waals surface area contributed by atoms with E-state index in [0.29, 0.717) is 18.7 Å². The van der Waals surface area contributed by atoms with Gasteiger partial charge in [0.25, 0.3) is 0 Å². The average molecular weight is 305 g/mol. The summed E-state index contributed by atoms with van der Waals surface area (Å²) in [4.78, 5) is 11.1. The van der Waals surface area contributed by atoms with Gasteiger partial charge in [-0.1, -0.05) is 12.1 Å². The van der Waals surface area contributed by atoms with Gasteiger partial charge in [0.2, 0.25) is 0 Å². The molecule has 0 unspecified atom stereocenters. The van der Waals surface area contributed by atoms with Crippen LogP contribution in [0.3, 0.4) is 0 Å². The van der Waals surface area contributed by atoms with Crippen LogP contribution in [0.1, 0.15) is 22.8 Å². The molecule has 116 valence electrons. The quantitative estimate of drug-likeness (QED) is 0.630. The monoisotopic (exact) mass is 305 g/mol. The molecular weight excluding hydrogens is 288 g/mol. The Kier molecular flexibility index (Phi) is 5.61. The van der Waals surface area contributed by atoms with Gasteiger partial charge in [0.1, 0.15) is 12.4 Å². The SMILES string of the molecule is CC(=O)c1ccc(OCCNCc2cccc(F)c2)c(F)c1. The highest BCUT2D eigenvalue weighted by Crippen LogP contribution is 2.18. The maximum atomic E-state index is 13.7. The van der Waals surface area contributed by atoms with Crippen molar-refractivity contribution in [2.24, 2.45) is 0 Å². The van der Waals surface area contributed by atoms with E-state index in [9.17, 15) is 13.6 Å². The molecule has 0 radical (unpaired) electrons. The maximum absolute atomic E-state index is 13.7. The van der Waals surface area contributed by atoms with Crippen LogP contribution < -0.4 is 10.1 Å². The summed E-state index contributed by atoms with van der Waals surface area (Å²) in [6, 6.07) is 10.4. The van der Waals surface area contributed by atoms with Gasteiger partial charge in [-0.25, -0.2) is 8.78 Å². The summed E-state index contributed by atoms with van der Waals surface area (Å²) < 4.78 is 32.0. The minimum absolute atomic E-state index is 0.109. The fourth-order valence-electron chi connectivity index (χ4n) is 1.95. The molecule has 0 aliphatic rings. The number of benzene rings is 2. The number of ether oxygens (including phenoxy) is 1. The normalized spacial score (nSPS) is 10.5. The average Bonchev–Trinajstić information content (AvgIpc) is 2.48. The lowest BCUT2D eigenvalue weighted by atomic mass is 10.1. The van der Waals surface area contributed by atoms with Gasteiger partial charge in [-0.15, -0.1) is 0 Å². The summed E-state index contributed by atoms with van der Waals surface area (Å²) in [5, 5.41) is 3.08. The first kappa shape index (κ1) is 16.1. The molecule has 3 nitrogen and oxygen atoms in total. The van der Waals surface area contributed by atoms with Crippen molar-refractivity contribution in [1.29, 1.82) is 0 Å². The number of nitrogens with one attached hydrogen (secondary N) is 1. The van der Waals surface area contributed by atoms with Crippen molar-refractivity contribution in [3.05, 3.63) is 65.2 Å². The lowest BCUT2D eigenvalue weighted by Gasteiger charge is -2.09. The Labute approximate surface area is 127 Å². The topological polar surface area (TPSA) is 38.3 Å². The van der Waals surface area contributed by atoms with E-state index in [0.717, 1.165) is 11.6 Å². The molecule has 2 rings (SSSR count). The van der Waals surface area contributed by atoms with E-state index in [-0.39, 0.29) is 24.0 Å². The van der Waals surface area contributed by atoms with Crippen LogP contribution >= 0.6 is 0 Å². The lowest BCUT2D eigenvalue weighted by molar-refractivity contribution is 0.101. The van der Waals surface area contributed by atoms with Crippen LogP contribution in [0.5, 0.6) is 5.75 Å². The Bertz CT molecular complexity index is 659. The minimum Gasteiger partial charge on any atom is -0.489 e. The Morgan fingerprint density at radius 3 is 2.68 bits per heavy atom. The Balaban J connectivity index is 1.76. The number of halogens is 2. The summed E-state index contributed by atoms with van der Waals surface area (Å²) in [7, 11) is 0. The molecule has 0 aliphatic carbocycles. The van der Waals surface area contributed by atoms with Gasteiger partial charge in [-0.05, 0) is 42.8 Å². The van der Waals surface area contributed by atoms with E-state index in [4.69, 9.17) is 4.74 Å². The lowest BCUT2D eigenvalue weighted by Crippen LogP contribution is -2.20. The van der Waals surface area contributed by atoms with Crippen molar-refractivity contribution >= 4 is 5.78 Å². The van der Waals surface area contributed by atoms with Gasteiger partial charge in [0.15, 0.2) is 17.3 Å². The third kappa shape index (κ3) is 4.63. The zero-order valence-corrected chi connectivity index (χ0v) is 12.2. The molecule has 0 saturated heterocycles. The zero-order valence-electron chi connectivity index (χ0n) is 12.2. The largest absolute Gasteiger partial charge is 0.489 e. The van der Waals surface area contributed by atoms with Crippen LogP contribution in [0.4, 0.5) is 8.78 Å². The van der Waals surface area contributed by atoms with Crippen LogP contribution in [0.25, 0.3) is 0 Å². The van der Waals surface area contributed by atoms with Crippen LogP contribution in [0.2, 0.25) is 0 Å². The second-order valence-electron chi connectivity index (χ2n) is 4.86. The van der Waals surface area contributed by atoms with Crippen LogP contribution in [0.15, 0.2) is 42.5 Å². The minimum atomic E-state index is -0.558. The van der Waals surface area contributed by atoms with Gasteiger partial charge in [0.05, 0.1) is 0 Å².